The highest BCUT2D eigenvalue weighted by Gasteiger charge is 2.09. The van der Waals surface area contributed by atoms with Gasteiger partial charge in [0.25, 0.3) is 0 Å². The smallest absolute Gasteiger partial charge is 0.140 e. The van der Waals surface area contributed by atoms with Gasteiger partial charge in [-0.15, -0.1) is 0 Å². The molecule has 0 amide bonds. The Bertz CT molecular complexity index is 528. The molecule has 0 aliphatic rings. The molecule has 4 heteroatoms. The Hall–Kier alpha value is -1.71. The number of carbonyl (C=O) groups excluding carboxylic acids is 1. The van der Waals surface area contributed by atoms with Crippen LogP contribution in [0.2, 0.25) is 0 Å². The van der Waals surface area contributed by atoms with Gasteiger partial charge >= 0.3 is 0 Å². The zero-order valence-electron chi connectivity index (χ0n) is 9.11. The summed E-state index contributed by atoms with van der Waals surface area (Å²) >= 11 is 0. The number of ketones is 1. The van der Waals surface area contributed by atoms with Gasteiger partial charge < -0.3 is 0 Å². The van der Waals surface area contributed by atoms with Gasteiger partial charge in [0.1, 0.15) is 17.8 Å². The molecule has 0 aromatic carbocycles. The van der Waals surface area contributed by atoms with Crippen LogP contribution in [0.5, 0.6) is 0 Å². The number of rotatable bonds is 2. The molecule has 2 rings (SSSR count). The van der Waals surface area contributed by atoms with E-state index in [4.69, 9.17) is 0 Å². The third-order valence-corrected chi connectivity index (χ3v) is 2.41. The van der Waals surface area contributed by atoms with Crippen LogP contribution < -0.4 is 0 Å². The average Bonchev–Trinajstić information content (AvgIpc) is 2.42. The first-order valence-electron chi connectivity index (χ1n) is 4.87. The molecule has 0 aliphatic heterocycles. The van der Waals surface area contributed by atoms with E-state index in [1.807, 2.05) is 24.3 Å². The van der Waals surface area contributed by atoms with Gasteiger partial charge in [-0.2, -0.15) is 0 Å². The van der Waals surface area contributed by atoms with Crippen molar-refractivity contribution in [2.45, 2.75) is 27.2 Å². The van der Waals surface area contributed by atoms with Crippen LogP contribution in [0.1, 0.15) is 24.0 Å². The van der Waals surface area contributed by atoms with E-state index in [9.17, 15) is 4.79 Å². The van der Waals surface area contributed by atoms with Crippen LogP contribution >= 0.6 is 0 Å². The van der Waals surface area contributed by atoms with Crippen LogP contribution in [-0.4, -0.2) is 20.2 Å². The molecule has 15 heavy (non-hydrogen) atoms. The van der Waals surface area contributed by atoms with E-state index >= 15 is 0 Å². The number of hydrogen-bond donors (Lipinski definition) is 0. The van der Waals surface area contributed by atoms with E-state index in [0.29, 0.717) is 6.42 Å². The molecule has 0 bridgehead atoms. The molecule has 2 aromatic rings. The van der Waals surface area contributed by atoms with Crippen molar-refractivity contribution in [2.24, 2.45) is 0 Å². The van der Waals surface area contributed by atoms with Crippen LogP contribution in [0.25, 0.3) is 5.65 Å². The second-order valence-electron chi connectivity index (χ2n) is 3.78. The van der Waals surface area contributed by atoms with Gasteiger partial charge in [-0.1, -0.05) is 0 Å². The number of fused-ring (bicyclic) bond motifs is 1. The van der Waals surface area contributed by atoms with Gasteiger partial charge in [0.2, 0.25) is 0 Å². The van der Waals surface area contributed by atoms with E-state index < -0.39 is 0 Å². The lowest BCUT2D eigenvalue weighted by Gasteiger charge is -1.96. The molecule has 0 aliphatic carbocycles. The predicted molar refractivity (Wildman–Crippen MR) is 56.8 cm³/mol. The molecule has 0 atom stereocenters. The maximum absolute atomic E-state index is 11.0. The monoisotopic (exact) mass is 203 g/mol. The standard InChI is InChI=1S/C11H13N3O/c1-7-4-11-13-10(5-8(2)15)9(3)14(11)6-12-7/h4,6H,5H2,1-3H3. The highest BCUT2D eigenvalue weighted by molar-refractivity contribution is 5.78. The summed E-state index contributed by atoms with van der Waals surface area (Å²) in [5.74, 6) is 0.131. The van der Waals surface area contributed by atoms with Gasteiger partial charge in [0, 0.05) is 17.5 Å². The first-order valence-corrected chi connectivity index (χ1v) is 4.87. The number of nitrogens with zero attached hydrogens (tertiary/aromatic N) is 3. The fraction of sp³-hybridized carbons (Fsp3) is 0.364. The molecule has 0 unspecified atom stereocenters. The van der Waals surface area contributed by atoms with Crippen LogP contribution in [0, 0.1) is 13.8 Å². The van der Waals surface area contributed by atoms with Crippen molar-refractivity contribution < 1.29 is 4.79 Å². The van der Waals surface area contributed by atoms with Crippen molar-refractivity contribution in [1.29, 1.82) is 0 Å². The molecule has 0 saturated heterocycles. The van der Waals surface area contributed by atoms with E-state index in [0.717, 1.165) is 22.7 Å². The highest BCUT2D eigenvalue weighted by Crippen LogP contribution is 2.12. The van der Waals surface area contributed by atoms with E-state index in [2.05, 4.69) is 9.97 Å². The van der Waals surface area contributed by atoms with Crippen molar-refractivity contribution in [2.75, 3.05) is 0 Å². The Morgan fingerprint density at radius 3 is 2.87 bits per heavy atom. The number of carbonyl (C=O) groups is 1. The van der Waals surface area contributed by atoms with E-state index in [1.165, 1.54) is 0 Å². The summed E-state index contributed by atoms with van der Waals surface area (Å²) in [6, 6.07) is 1.91. The van der Waals surface area contributed by atoms with Gasteiger partial charge in [-0.3, -0.25) is 9.20 Å². The predicted octanol–water partition coefficient (Wildman–Crippen LogP) is 1.48. The zero-order valence-corrected chi connectivity index (χ0v) is 9.11. The Kier molecular flexibility index (Phi) is 2.26. The molecule has 0 radical (unpaired) electrons. The molecule has 78 valence electrons. The van der Waals surface area contributed by atoms with Crippen molar-refractivity contribution >= 4 is 11.4 Å². The summed E-state index contributed by atoms with van der Waals surface area (Å²) in [6.07, 6.45) is 2.14. The maximum Gasteiger partial charge on any atom is 0.140 e. The Labute approximate surface area is 88.0 Å². The number of imidazole rings is 1. The van der Waals surface area contributed by atoms with Gasteiger partial charge in [0.15, 0.2) is 0 Å². The first kappa shape index (κ1) is 9.83. The third kappa shape index (κ3) is 1.75. The molecule has 4 nitrogen and oxygen atoms in total. The molecule has 0 N–H and O–H groups in total. The number of aromatic nitrogens is 3. The lowest BCUT2D eigenvalue weighted by atomic mass is 10.2. The summed E-state index contributed by atoms with van der Waals surface area (Å²) in [7, 11) is 0. The highest BCUT2D eigenvalue weighted by atomic mass is 16.1. The zero-order chi connectivity index (χ0) is 11.0. The van der Waals surface area contributed by atoms with Gasteiger partial charge in [-0.25, -0.2) is 9.97 Å². The number of hydrogen-bond acceptors (Lipinski definition) is 3. The number of aryl methyl sites for hydroxylation is 2. The largest absolute Gasteiger partial charge is 0.300 e. The minimum atomic E-state index is 0.131. The minimum absolute atomic E-state index is 0.131. The molecule has 0 saturated carbocycles. The fourth-order valence-corrected chi connectivity index (χ4v) is 1.61. The SMILES string of the molecule is CC(=O)Cc1nc2cc(C)ncn2c1C. The summed E-state index contributed by atoms with van der Waals surface area (Å²) in [5.41, 5.74) is 3.63. The second kappa shape index (κ2) is 3.46. The third-order valence-electron chi connectivity index (χ3n) is 2.41. The van der Waals surface area contributed by atoms with E-state index in [-0.39, 0.29) is 5.78 Å². The summed E-state index contributed by atoms with van der Waals surface area (Å²) in [4.78, 5) is 19.7. The lowest BCUT2D eigenvalue weighted by molar-refractivity contribution is -0.116. The molecule has 0 spiro atoms. The van der Waals surface area contributed by atoms with Gasteiger partial charge in [0.05, 0.1) is 12.1 Å². The van der Waals surface area contributed by atoms with Crippen molar-refractivity contribution in [1.82, 2.24) is 14.4 Å². The fourth-order valence-electron chi connectivity index (χ4n) is 1.61. The number of Topliss-reactive ketones (excluding diaryl/α,β-unsaturated/α-hetero) is 1. The lowest BCUT2D eigenvalue weighted by Crippen LogP contribution is -1.98. The van der Waals surface area contributed by atoms with Crippen molar-refractivity contribution in [3.05, 3.63) is 29.5 Å². The second-order valence-corrected chi connectivity index (χ2v) is 3.78. The van der Waals surface area contributed by atoms with Crippen molar-refractivity contribution in [3.8, 4) is 0 Å². The Balaban J connectivity index is 2.58. The van der Waals surface area contributed by atoms with Gasteiger partial charge in [-0.05, 0) is 20.8 Å². The molecular weight excluding hydrogens is 190 g/mol. The topological polar surface area (TPSA) is 47.3 Å². The van der Waals surface area contributed by atoms with Crippen LogP contribution in [0.15, 0.2) is 12.4 Å². The van der Waals surface area contributed by atoms with Crippen LogP contribution in [0.4, 0.5) is 0 Å². The quantitative estimate of drug-likeness (QED) is 0.742. The van der Waals surface area contributed by atoms with Crippen LogP contribution in [0.3, 0.4) is 0 Å². The molecule has 0 fully saturated rings. The summed E-state index contributed by atoms with van der Waals surface area (Å²) < 4.78 is 1.91. The first-order chi connectivity index (χ1) is 7.08. The normalized spacial score (nSPS) is 10.9. The van der Waals surface area contributed by atoms with Crippen LogP contribution in [-0.2, 0) is 11.2 Å². The van der Waals surface area contributed by atoms with Crippen molar-refractivity contribution in [3.63, 3.8) is 0 Å². The average molecular weight is 203 g/mol. The summed E-state index contributed by atoms with van der Waals surface area (Å²) in [5, 5.41) is 0. The summed E-state index contributed by atoms with van der Waals surface area (Å²) in [6.45, 7) is 5.46. The van der Waals surface area contributed by atoms with E-state index in [1.54, 1.807) is 13.3 Å². The molecule has 2 heterocycles. The Morgan fingerprint density at radius 2 is 2.20 bits per heavy atom. The molecule has 2 aromatic heterocycles. The minimum Gasteiger partial charge on any atom is -0.300 e. The Morgan fingerprint density at radius 1 is 1.47 bits per heavy atom. The molecular formula is C11H13N3O. The maximum atomic E-state index is 11.0.